The molecule has 0 aliphatic carbocycles. The number of nitrogens with zero attached hydrogens (tertiary/aromatic N) is 4. The third kappa shape index (κ3) is 3.76. The van der Waals surface area contributed by atoms with Crippen LogP contribution in [0.1, 0.15) is 18.9 Å². The van der Waals surface area contributed by atoms with Gasteiger partial charge in [-0.15, -0.1) is 0 Å². The number of hydrogen-bond donors (Lipinski definition) is 0. The van der Waals surface area contributed by atoms with Gasteiger partial charge in [-0.1, -0.05) is 30.3 Å². The number of fused-ring (bicyclic) bond motifs is 3. The van der Waals surface area contributed by atoms with Crippen LogP contribution >= 0.6 is 0 Å². The molecule has 0 radical (unpaired) electrons. The lowest BCUT2D eigenvalue weighted by atomic mass is 9.96. The van der Waals surface area contributed by atoms with Gasteiger partial charge in [-0.25, -0.2) is 9.78 Å². The van der Waals surface area contributed by atoms with Gasteiger partial charge in [0.15, 0.2) is 0 Å². The highest BCUT2D eigenvalue weighted by Crippen LogP contribution is 2.37. The normalized spacial score (nSPS) is 19.2. The Hall–Kier alpha value is -2.90. The average molecular weight is 435 g/mol. The Morgan fingerprint density at radius 3 is 2.66 bits per heavy atom. The van der Waals surface area contributed by atoms with Gasteiger partial charge in [0.2, 0.25) is 0 Å². The molecule has 0 saturated carbocycles. The molecule has 2 aliphatic heterocycles. The fourth-order valence-corrected chi connectivity index (χ4v) is 4.90. The fourth-order valence-electron chi connectivity index (χ4n) is 4.90. The number of imidazole rings is 1. The molecular formula is C25H30N4O3. The monoisotopic (exact) mass is 434 g/mol. The van der Waals surface area contributed by atoms with E-state index in [1.165, 1.54) is 7.11 Å². The molecule has 1 atom stereocenters. The summed E-state index contributed by atoms with van der Waals surface area (Å²) in [4.78, 5) is 21.9. The van der Waals surface area contributed by atoms with Crippen LogP contribution in [-0.2, 0) is 22.4 Å². The van der Waals surface area contributed by atoms with Crippen LogP contribution in [0.25, 0.3) is 22.4 Å². The van der Waals surface area contributed by atoms with E-state index in [1.54, 1.807) is 4.90 Å². The van der Waals surface area contributed by atoms with Crippen LogP contribution in [0, 0.1) is 0 Å². The molecule has 7 heteroatoms. The first-order valence-electron chi connectivity index (χ1n) is 11.4. The van der Waals surface area contributed by atoms with Crippen molar-refractivity contribution < 1.29 is 14.3 Å². The summed E-state index contributed by atoms with van der Waals surface area (Å²) in [6, 6.07) is 14.6. The third-order valence-electron chi connectivity index (χ3n) is 6.66. The van der Waals surface area contributed by atoms with Gasteiger partial charge in [0.25, 0.3) is 0 Å². The van der Waals surface area contributed by atoms with E-state index in [1.807, 2.05) is 6.07 Å². The summed E-state index contributed by atoms with van der Waals surface area (Å²) in [5.74, 6) is 0.977. The predicted octanol–water partition coefficient (Wildman–Crippen LogP) is 3.94. The van der Waals surface area contributed by atoms with Gasteiger partial charge >= 0.3 is 6.09 Å². The number of methoxy groups -OCH3 is 1. The second-order valence-electron chi connectivity index (χ2n) is 8.57. The third-order valence-corrected chi connectivity index (χ3v) is 6.66. The van der Waals surface area contributed by atoms with Gasteiger partial charge in [0.05, 0.1) is 37.0 Å². The largest absolute Gasteiger partial charge is 0.452 e. The second-order valence-corrected chi connectivity index (χ2v) is 8.57. The molecule has 2 aromatic carbocycles. The number of ether oxygens (including phenoxy) is 2. The molecule has 168 valence electrons. The van der Waals surface area contributed by atoms with Crippen molar-refractivity contribution in [2.45, 2.75) is 32.4 Å². The van der Waals surface area contributed by atoms with E-state index >= 15 is 0 Å². The van der Waals surface area contributed by atoms with Gasteiger partial charge in [-0.05, 0) is 31.9 Å². The van der Waals surface area contributed by atoms with Crippen molar-refractivity contribution in [3.63, 3.8) is 0 Å². The minimum Gasteiger partial charge on any atom is -0.452 e. The smallest absolute Gasteiger partial charge is 0.414 e. The molecule has 3 heterocycles. The number of amides is 1. The average Bonchev–Trinajstić information content (AvgIpc) is 3.22. The fraction of sp³-hybridized carbons (Fsp3) is 0.440. The highest BCUT2D eigenvalue weighted by atomic mass is 16.5. The van der Waals surface area contributed by atoms with Crippen LogP contribution in [0.5, 0.6) is 0 Å². The lowest BCUT2D eigenvalue weighted by Crippen LogP contribution is -2.42. The summed E-state index contributed by atoms with van der Waals surface area (Å²) >= 11 is 0. The SMILES string of the molecule is COC(=O)N1c2ccc3c(nc(-c4ccccc4)n3CCN3CCOCC3)c2CC[C@@H]1C. The molecule has 3 aromatic rings. The number of hydrogen-bond acceptors (Lipinski definition) is 5. The quantitative estimate of drug-likeness (QED) is 0.622. The molecule has 5 rings (SSSR count). The maximum Gasteiger partial charge on any atom is 0.414 e. The minimum atomic E-state index is -0.312. The molecular weight excluding hydrogens is 404 g/mol. The number of carbonyl (C=O) groups excluding carboxylic acids is 1. The van der Waals surface area contributed by atoms with Crippen molar-refractivity contribution >= 4 is 22.8 Å². The Bertz CT molecular complexity index is 1110. The summed E-state index contributed by atoms with van der Waals surface area (Å²) in [6.45, 7) is 7.41. The first-order valence-corrected chi connectivity index (χ1v) is 11.4. The summed E-state index contributed by atoms with van der Waals surface area (Å²) in [5.41, 5.74) is 5.27. The van der Waals surface area contributed by atoms with E-state index in [0.29, 0.717) is 0 Å². The minimum absolute atomic E-state index is 0.101. The summed E-state index contributed by atoms with van der Waals surface area (Å²) in [5, 5.41) is 0. The number of aromatic nitrogens is 2. The van der Waals surface area contributed by atoms with Crippen LogP contribution < -0.4 is 4.90 Å². The Morgan fingerprint density at radius 1 is 1.12 bits per heavy atom. The number of carbonyl (C=O) groups is 1. The zero-order valence-corrected chi connectivity index (χ0v) is 18.8. The van der Waals surface area contributed by atoms with Crippen molar-refractivity contribution in [3.05, 3.63) is 48.0 Å². The lowest BCUT2D eigenvalue weighted by molar-refractivity contribution is 0.0366. The Labute approximate surface area is 188 Å². The Morgan fingerprint density at radius 2 is 1.91 bits per heavy atom. The van der Waals surface area contributed by atoms with Crippen LogP contribution in [0.3, 0.4) is 0 Å². The Balaban J connectivity index is 1.60. The maximum absolute atomic E-state index is 12.5. The lowest BCUT2D eigenvalue weighted by Gasteiger charge is -2.34. The Kier molecular flexibility index (Phi) is 5.85. The molecule has 0 unspecified atom stereocenters. The molecule has 1 fully saturated rings. The van der Waals surface area contributed by atoms with Gasteiger partial charge in [-0.2, -0.15) is 0 Å². The highest BCUT2D eigenvalue weighted by molar-refractivity contribution is 5.96. The van der Waals surface area contributed by atoms with E-state index < -0.39 is 0 Å². The van der Waals surface area contributed by atoms with Gasteiger partial charge in [0.1, 0.15) is 5.82 Å². The molecule has 0 spiro atoms. The first-order chi connectivity index (χ1) is 15.7. The summed E-state index contributed by atoms with van der Waals surface area (Å²) in [7, 11) is 1.44. The van der Waals surface area contributed by atoms with Crippen molar-refractivity contribution in [1.82, 2.24) is 14.5 Å². The van der Waals surface area contributed by atoms with Crippen molar-refractivity contribution in [1.29, 1.82) is 0 Å². The molecule has 1 aromatic heterocycles. The van der Waals surface area contributed by atoms with E-state index in [2.05, 4.69) is 52.8 Å². The molecule has 32 heavy (non-hydrogen) atoms. The molecule has 1 amide bonds. The molecule has 7 nitrogen and oxygen atoms in total. The standard InChI is InChI=1S/C25H30N4O3/c1-18-8-9-20-21(29(18)25(30)31-2)10-11-22-23(20)26-24(19-6-4-3-5-7-19)28(22)13-12-27-14-16-32-17-15-27/h3-7,10-11,18H,8-9,12-17H2,1-2H3/t18-/m0/s1. The number of morpholine rings is 1. The van der Waals surface area contributed by atoms with E-state index in [-0.39, 0.29) is 12.1 Å². The zero-order valence-electron chi connectivity index (χ0n) is 18.8. The molecule has 0 N–H and O–H groups in total. The number of rotatable bonds is 4. The van der Waals surface area contributed by atoms with Crippen molar-refractivity contribution in [2.75, 3.05) is 44.9 Å². The molecule has 0 bridgehead atoms. The van der Waals surface area contributed by atoms with Gasteiger partial charge in [0, 0.05) is 43.3 Å². The maximum atomic E-state index is 12.5. The zero-order chi connectivity index (χ0) is 22.1. The first kappa shape index (κ1) is 21.0. The number of anilines is 1. The van der Waals surface area contributed by atoms with Gasteiger partial charge < -0.3 is 14.0 Å². The van der Waals surface area contributed by atoms with Crippen molar-refractivity contribution in [3.8, 4) is 11.4 Å². The molecule has 2 aliphatic rings. The van der Waals surface area contributed by atoms with Crippen LogP contribution in [-0.4, -0.2) is 66.5 Å². The van der Waals surface area contributed by atoms with Crippen LogP contribution in [0.15, 0.2) is 42.5 Å². The molecule has 1 saturated heterocycles. The highest BCUT2D eigenvalue weighted by Gasteiger charge is 2.31. The van der Waals surface area contributed by atoms with E-state index in [9.17, 15) is 4.79 Å². The number of aryl methyl sites for hydroxylation is 1. The van der Waals surface area contributed by atoms with E-state index in [0.717, 1.165) is 85.9 Å². The summed E-state index contributed by atoms with van der Waals surface area (Å²) < 4.78 is 12.9. The van der Waals surface area contributed by atoms with E-state index in [4.69, 9.17) is 14.5 Å². The number of benzene rings is 2. The van der Waals surface area contributed by atoms with Crippen LogP contribution in [0.2, 0.25) is 0 Å². The van der Waals surface area contributed by atoms with Crippen molar-refractivity contribution in [2.24, 2.45) is 0 Å². The summed E-state index contributed by atoms with van der Waals surface area (Å²) in [6.07, 6.45) is 1.48. The van der Waals surface area contributed by atoms with Gasteiger partial charge in [-0.3, -0.25) is 9.80 Å². The van der Waals surface area contributed by atoms with Crippen LogP contribution in [0.4, 0.5) is 10.5 Å². The predicted molar refractivity (Wildman–Crippen MR) is 125 cm³/mol. The second kappa shape index (κ2) is 8.92. The topological polar surface area (TPSA) is 59.8 Å².